The molecular weight excluding hydrogens is 976 g/mol. The second kappa shape index (κ2) is 23.9. The van der Waals surface area contributed by atoms with E-state index < -0.39 is 89.7 Å². The van der Waals surface area contributed by atoms with Crippen LogP contribution < -0.4 is 32.6 Å². The zero-order valence-electron chi connectivity index (χ0n) is 42.0. The fraction of sp³-hybridized carbons (Fsp3) is 0.453. The number of anilines is 1. The van der Waals surface area contributed by atoms with Crippen LogP contribution in [0.1, 0.15) is 109 Å². The number of alkyl carbamates (subject to hydrolysis) is 1. The van der Waals surface area contributed by atoms with Crippen molar-refractivity contribution in [1.29, 1.82) is 0 Å². The van der Waals surface area contributed by atoms with Crippen LogP contribution in [-0.2, 0) is 67.3 Å². The molecule has 398 valence electrons. The van der Waals surface area contributed by atoms with Crippen molar-refractivity contribution >= 4 is 58.2 Å². The maximum Gasteiger partial charge on any atom is 0.407 e. The molecule has 0 radical (unpaired) electrons. The highest BCUT2D eigenvalue weighted by Gasteiger charge is 2.42. The van der Waals surface area contributed by atoms with Crippen molar-refractivity contribution in [2.75, 3.05) is 51.4 Å². The first-order valence-electron chi connectivity index (χ1n) is 25.2. The van der Waals surface area contributed by atoms with Crippen molar-refractivity contribution in [1.82, 2.24) is 30.4 Å². The second-order valence-corrected chi connectivity index (χ2v) is 18.8. The van der Waals surface area contributed by atoms with E-state index >= 15 is 4.39 Å². The van der Waals surface area contributed by atoms with Gasteiger partial charge in [-0.05, 0) is 105 Å². The number of nitrogens with one attached hydrogen (secondary N) is 4. The highest BCUT2D eigenvalue weighted by Crippen LogP contribution is 2.49. The van der Waals surface area contributed by atoms with Crippen molar-refractivity contribution < 1.29 is 62.0 Å². The molecule has 0 saturated carbocycles. The quantitative estimate of drug-likeness (QED) is 0.0353. The molecule has 1 aliphatic carbocycles. The number of aliphatic hydroxyl groups is 1. The van der Waals surface area contributed by atoms with Crippen molar-refractivity contribution in [2.45, 2.75) is 109 Å². The number of carbonyl (C=O) groups excluding carboxylic acids is 7. The Hall–Kier alpha value is -7.40. The molecule has 8 rings (SSSR count). The molecule has 5 heterocycles. The highest BCUT2D eigenvalue weighted by molar-refractivity contribution is 6.12. The van der Waals surface area contributed by atoms with Crippen molar-refractivity contribution in [3.8, 4) is 11.4 Å². The van der Waals surface area contributed by atoms with E-state index in [0.29, 0.717) is 106 Å². The monoisotopic (exact) mass is 1040 g/mol. The van der Waals surface area contributed by atoms with Gasteiger partial charge in [0.05, 0.1) is 80.0 Å². The van der Waals surface area contributed by atoms with E-state index in [1.54, 1.807) is 37.3 Å². The molecule has 75 heavy (non-hydrogen) atoms. The fourth-order valence-electron chi connectivity index (χ4n) is 10.1. The number of pyridine rings is 2. The van der Waals surface area contributed by atoms with Crippen LogP contribution in [0.3, 0.4) is 0 Å². The number of nitrogens with zero attached hydrogens (tertiary/aromatic N) is 3. The molecule has 5 atom stereocenters. The number of hydrogen-bond acceptors (Lipinski definition) is 15. The van der Waals surface area contributed by atoms with E-state index in [2.05, 4.69) is 21.3 Å². The summed E-state index contributed by atoms with van der Waals surface area (Å²) in [5.74, 6) is -3.87. The number of hydrogen-bond donors (Lipinski definition) is 6. The Morgan fingerprint density at radius 1 is 0.947 bits per heavy atom. The number of benzene rings is 2. The summed E-state index contributed by atoms with van der Waals surface area (Å²) in [6.45, 7) is 5.18. The van der Waals surface area contributed by atoms with Gasteiger partial charge >= 0.3 is 12.1 Å². The number of esters is 1. The summed E-state index contributed by atoms with van der Waals surface area (Å²) >= 11 is 0. The first-order valence-corrected chi connectivity index (χ1v) is 25.2. The number of amides is 6. The van der Waals surface area contributed by atoms with Crippen LogP contribution >= 0.6 is 0 Å². The van der Waals surface area contributed by atoms with Crippen LogP contribution in [0.5, 0.6) is 0 Å². The first kappa shape index (κ1) is 53.9. The van der Waals surface area contributed by atoms with Gasteiger partial charge in [-0.25, -0.2) is 14.2 Å². The zero-order chi connectivity index (χ0) is 53.5. The van der Waals surface area contributed by atoms with E-state index in [9.17, 15) is 43.5 Å². The largest absolute Gasteiger partial charge is 0.460 e. The lowest BCUT2D eigenvalue weighted by Gasteiger charge is -2.30. The van der Waals surface area contributed by atoms with Crippen molar-refractivity contribution in [3.05, 3.63) is 104 Å². The molecular formula is C53H61FN8O13. The SMILES string of the molecule is CCC1C(=O)OCc2c1cc1n(c2=O)C(CO)c2c-1nc1cc(F)c(C)c3c1c2C(NC(=O)OCc1ccc(NC(=O)[C@H](CCCCN)NC(=O)[C@H](C)NC(=O)CCOCCOCCN2C(=O)C=CC2=O)cc1)CC3. The molecule has 2 aromatic heterocycles. The molecule has 6 amide bonds. The fourth-order valence-corrected chi connectivity index (χ4v) is 10.1. The topological polar surface area (TPSA) is 289 Å². The van der Waals surface area contributed by atoms with E-state index in [-0.39, 0.29) is 59.0 Å². The summed E-state index contributed by atoms with van der Waals surface area (Å²) in [5, 5.41) is 22.7. The molecule has 7 N–H and O–H groups in total. The summed E-state index contributed by atoms with van der Waals surface area (Å²) in [7, 11) is 0. The third-order valence-corrected chi connectivity index (χ3v) is 14.0. The highest BCUT2D eigenvalue weighted by atomic mass is 19.1. The molecule has 3 aliphatic heterocycles. The summed E-state index contributed by atoms with van der Waals surface area (Å²) in [5.41, 5.74) is 10.4. The van der Waals surface area contributed by atoms with Crippen LogP contribution in [0, 0.1) is 12.7 Å². The number of aromatic nitrogens is 2. The van der Waals surface area contributed by atoms with Gasteiger partial charge in [0.25, 0.3) is 17.4 Å². The number of halogens is 1. The average Bonchev–Trinajstić information content (AvgIpc) is 3.89. The predicted molar refractivity (Wildman–Crippen MR) is 268 cm³/mol. The van der Waals surface area contributed by atoms with Gasteiger partial charge in [-0.15, -0.1) is 0 Å². The van der Waals surface area contributed by atoms with Gasteiger partial charge in [0.1, 0.15) is 31.1 Å². The second-order valence-electron chi connectivity index (χ2n) is 18.8. The molecule has 0 fully saturated rings. The van der Waals surface area contributed by atoms with Gasteiger partial charge < -0.3 is 51.1 Å². The Labute approximate surface area is 430 Å². The van der Waals surface area contributed by atoms with Gasteiger partial charge in [-0.3, -0.25) is 43.0 Å². The lowest BCUT2D eigenvalue weighted by molar-refractivity contribution is -0.148. The Bertz CT molecular complexity index is 2980. The standard InChI is InChI=1S/C53H61FN8O13/c1-4-32-34-23-40-48-47(41(25-63)62(40)51(69)35(34)27-74-52(32)70)46-37(13-12-33-28(2)36(54)24-39(58-48)45(33)46)60-53(71)75-26-30-8-10-31(11-9-30)57-50(68)38(7-5-6-17-55)59-49(67)29(3)56-42(64)16-19-72-21-22-73-20-18-61-43(65)14-15-44(61)66/h8-11,14-15,23-24,29,32,37-38,41,63H,4-7,12-13,16-22,25-27,55H2,1-3H3,(H,56,64)(H,57,68)(H,59,67)(H,60,71)/t29-,32?,37?,38-,41?/m0/s1. The number of nitrogens with two attached hydrogens (primary N) is 1. The lowest BCUT2D eigenvalue weighted by Crippen LogP contribution is -2.51. The molecule has 22 heteroatoms. The van der Waals surface area contributed by atoms with E-state index in [1.165, 1.54) is 29.7 Å². The van der Waals surface area contributed by atoms with Crippen molar-refractivity contribution in [2.24, 2.45) is 5.73 Å². The molecule has 4 aliphatic rings. The lowest BCUT2D eigenvalue weighted by atomic mass is 9.80. The maximum absolute atomic E-state index is 15.5. The number of cyclic esters (lactones) is 1. The molecule has 3 unspecified atom stereocenters. The Kier molecular flexibility index (Phi) is 17.1. The van der Waals surface area contributed by atoms with Crippen LogP contribution in [0.15, 0.2) is 53.3 Å². The number of fused-ring (bicyclic) bond motifs is 5. The van der Waals surface area contributed by atoms with Crippen LogP contribution in [0.25, 0.3) is 22.3 Å². The third-order valence-electron chi connectivity index (χ3n) is 14.0. The molecule has 4 aromatic rings. The number of imide groups is 1. The van der Waals surface area contributed by atoms with Crippen LogP contribution in [0.2, 0.25) is 0 Å². The van der Waals surface area contributed by atoms with E-state index in [0.717, 1.165) is 4.90 Å². The molecule has 0 bridgehead atoms. The minimum absolute atomic E-state index is 0.0449. The zero-order valence-corrected chi connectivity index (χ0v) is 42.0. The predicted octanol–water partition coefficient (Wildman–Crippen LogP) is 3.28. The van der Waals surface area contributed by atoms with Gasteiger partial charge in [0.2, 0.25) is 17.7 Å². The van der Waals surface area contributed by atoms with Gasteiger partial charge in [-0.1, -0.05) is 19.1 Å². The first-order chi connectivity index (χ1) is 36.1. The number of aliphatic hydroxyl groups excluding tert-OH is 1. The number of carbonyl (C=O) groups is 7. The normalized spacial score (nSPS) is 18.0. The smallest absolute Gasteiger partial charge is 0.407 e. The number of aryl methyl sites for hydroxylation is 1. The number of ether oxygens (including phenoxy) is 4. The van der Waals surface area contributed by atoms with Gasteiger partial charge in [-0.2, -0.15) is 0 Å². The van der Waals surface area contributed by atoms with Gasteiger partial charge in [0, 0.05) is 41.3 Å². The Morgan fingerprint density at radius 3 is 2.39 bits per heavy atom. The molecule has 0 saturated heterocycles. The minimum Gasteiger partial charge on any atom is -0.460 e. The summed E-state index contributed by atoms with van der Waals surface area (Å²) in [6, 6.07) is 6.10. The molecule has 0 spiro atoms. The number of rotatable bonds is 23. The van der Waals surface area contributed by atoms with E-state index in [4.69, 9.17) is 29.7 Å². The third kappa shape index (κ3) is 11.6. The summed E-state index contributed by atoms with van der Waals surface area (Å²) in [6.07, 6.45) is 4.14. The average molecular weight is 1040 g/mol. The Morgan fingerprint density at radius 2 is 1.68 bits per heavy atom. The molecule has 21 nitrogen and oxygen atoms in total. The minimum atomic E-state index is -0.980. The van der Waals surface area contributed by atoms with Gasteiger partial charge in [0.15, 0.2) is 0 Å². The molecule has 2 aromatic carbocycles. The Balaban J connectivity index is 0.859. The summed E-state index contributed by atoms with van der Waals surface area (Å²) in [4.78, 5) is 109. The number of unbranched alkanes of at least 4 members (excludes halogenated alkanes) is 1. The summed E-state index contributed by atoms with van der Waals surface area (Å²) < 4.78 is 38.8. The van der Waals surface area contributed by atoms with Crippen molar-refractivity contribution in [3.63, 3.8) is 0 Å². The van der Waals surface area contributed by atoms with Crippen LogP contribution in [-0.4, -0.2) is 119 Å². The maximum atomic E-state index is 15.5. The van der Waals surface area contributed by atoms with Crippen LogP contribution in [0.4, 0.5) is 14.9 Å². The van der Waals surface area contributed by atoms with E-state index in [1.807, 2.05) is 6.92 Å².